The number of aryl methyl sites for hydroxylation is 1. The van der Waals surface area contributed by atoms with E-state index in [-0.39, 0.29) is 18.6 Å². The molecule has 0 aromatic carbocycles. The molecule has 1 saturated heterocycles. The van der Waals surface area contributed by atoms with Crippen LogP contribution in [0, 0.1) is 5.92 Å². The normalized spacial score (nSPS) is 22.7. The van der Waals surface area contributed by atoms with Crippen molar-refractivity contribution < 1.29 is 9.90 Å². The standard InChI is InChI=1S/C15H20N4O2/c1-10-4-3-5-19(13(10)8-20)15(21)11-6-12-14(16-7-11)18(2)9-17-12/h6-7,9-10,13,20H,3-5,8H2,1-2H3. The lowest BCUT2D eigenvalue weighted by Gasteiger charge is -2.39. The van der Waals surface area contributed by atoms with Gasteiger partial charge < -0.3 is 14.6 Å². The first-order chi connectivity index (χ1) is 10.1. The van der Waals surface area contributed by atoms with Gasteiger partial charge >= 0.3 is 0 Å². The Labute approximate surface area is 123 Å². The number of aliphatic hydroxyl groups excluding tert-OH is 1. The predicted molar refractivity (Wildman–Crippen MR) is 78.8 cm³/mol. The molecule has 0 aliphatic carbocycles. The molecular formula is C15H20N4O2. The van der Waals surface area contributed by atoms with Crippen LogP contribution in [0.2, 0.25) is 0 Å². The highest BCUT2D eigenvalue weighted by Crippen LogP contribution is 2.25. The largest absolute Gasteiger partial charge is 0.394 e. The molecule has 0 radical (unpaired) electrons. The zero-order valence-electron chi connectivity index (χ0n) is 12.4. The average Bonchev–Trinajstić information content (AvgIpc) is 2.87. The van der Waals surface area contributed by atoms with Gasteiger partial charge in [-0.2, -0.15) is 0 Å². The second kappa shape index (κ2) is 5.44. The summed E-state index contributed by atoms with van der Waals surface area (Å²) >= 11 is 0. The average molecular weight is 288 g/mol. The first kappa shape index (κ1) is 14.0. The SMILES string of the molecule is CC1CCCN(C(=O)c2cnc3c(c2)ncn3C)C1CO. The van der Waals surface area contributed by atoms with Gasteiger partial charge in [0.1, 0.15) is 5.52 Å². The van der Waals surface area contributed by atoms with Crippen molar-refractivity contribution in [2.75, 3.05) is 13.2 Å². The molecule has 0 saturated carbocycles. The fraction of sp³-hybridized carbons (Fsp3) is 0.533. The van der Waals surface area contributed by atoms with Gasteiger partial charge in [-0.15, -0.1) is 0 Å². The summed E-state index contributed by atoms with van der Waals surface area (Å²) in [6, 6.07) is 1.67. The van der Waals surface area contributed by atoms with Gasteiger partial charge in [0.25, 0.3) is 5.91 Å². The Morgan fingerprint density at radius 1 is 1.48 bits per heavy atom. The molecule has 112 valence electrons. The second-order valence-corrected chi connectivity index (χ2v) is 5.79. The van der Waals surface area contributed by atoms with Crippen LogP contribution in [0.5, 0.6) is 0 Å². The van der Waals surface area contributed by atoms with Gasteiger partial charge in [0, 0.05) is 19.8 Å². The Kier molecular flexibility index (Phi) is 3.63. The van der Waals surface area contributed by atoms with E-state index < -0.39 is 0 Å². The molecule has 2 aromatic rings. The first-order valence-corrected chi connectivity index (χ1v) is 7.30. The molecular weight excluding hydrogens is 268 g/mol. The Bertz CT molecular complexity index is 667. The Morgan fingerprint density at radius 2 is 2.29 bits per heavy atom. The number of imidazole rings is 1. The van der Waals surface area contributed by atoms with E-state index in [1.807, 2.05) is 11.6 Å². The number of carbonyl (C=O) groups excluding carboxylic acids is 1. The predicted octanol–water partition coefficient (Wildman–Crippen LogP) is 1.20. The molecule has 1 fully saturated rings. The van der Waals surface area contributed by atoms with Crippen LogP contribution < -0.4 is 0 Å². The van der Waals surface area contributed by atoms with Crippen LogP contribution in [0.3, 0.4) is 0 Å². The van der Waals surface area contributed by atoms with E-state index in [1.54, 1.807) is 23.5 Å². The minimum Gasteiger partial charge on any atom is -0.394 e. The summed E-state index contributed by atoms with van der Waals surface area (Å²) in [4.78, 5) is 23.0. The van der Waals surface area contributed by atoms with Crippen molar-refractivity contribution in [3.8, 4) is 0 Å². The minimum atomic E-state index is -0.106. The number of amides is 1. The van der Waals surface area contributed by atoms with E-state index in [0.717, 1.165) is 18.5 Å². The van der Waals surface area contributed by atoms with Gasteiger partial charge in [-0.25, -0.2) is 9.97 Å². The van der Waals surface area contributed by atoms with Crippen molar-refractivity contribution in [2.24, 2.45) is 13.0 Å². The molecule has 6 nitrogen and oxygen atoms in total. The summed E-state index contributed by atoms with van der Waals surface area (Å²) in [5.41, 5.74) is 2.01. The van der Waals surface area contributed by atoms with Gasteiger partial charge in [-0.1, -0.05) is 6.92 Å². The number of aliphatic hydroxyl groups is 1. The van der Waals surface area contributed by atoms with E-state index in [9.17, 15) is 9.90 Å². The van der Waals surface area contributed by atoms with E-state index in [0.29, 0.717) is 23.5 Å². The summed E-state index contributed by atoms with van der Waals surface area (Å²) in [5, 5.41) is 9.58. The van der Waals surface area contributed by atoms with Crippen LogP contribution in [-0.4, -0.2) is 49.6 Å². The first-order valence-electron chi connectivity index (χ1n) is 7.30. The van der Waals surface area contributed by atoms with Crippen molar-refractivity contribution >= 4 is 17.1 Å². The maximum Gasteiger partial charge on any atom is 0.255 e. The number of aromatic nitrogens is 3. The number of carbonyl (C=O) groups is 1. The van der Waals surface area contributed by atoms with Gasteiger partial charge in [0.05, 0.1) is 24.5 Å². The highest BCUT2D eigenvalue weighted by molar-refractivity contribution is 5.96. The topological polar surface area (TPSA) is 71.2 Å². The van der Waals surface area contributed by atoms with Crippen molar-refractivity contribution in [1.29, 1.82) is 0 Å². The summed E-state index contributed by atoms with van der Waals surface area (Å²) in [7, 11) is 1.87. The van der Waals surface area contributed by atoms with Crippen LogP contribution >= 0.6 is 0 Å². The van der Waals surface area contributed by atoms with Crippen LogP contribution in [-0.2, 0) is 7.05 Å². The van der Waals surface area contributed by atoms with Crippen LogP contribution in [0.25, 0.3) is 11.2 Å². The Morgan fingerprint density at radius 3 is 3.05 bits per heavy atom. The summed E-state index contributed by atoms with van der Waals surface area (Å²) < 4.78 is 1.82. The third-order valence-electron chi connectivity index (χ3n) is 4.36. The molecule has 1 aliphatic rings. The summed E-state index contributed by atoms with van der Waals surface area (Å²) in [5.74, 6) is 0.250. The molecule has 1 aliphatic heterocycles. The van der Waals surface area contributed by atoms with Gasteiger partial charge in [0.15, 0.2) is 5.65 Å². The zero-order chi connectivity index (χ0) is 15.0. The molecule has 1 N–H and O–H groups in total. The Hall–Kier alpha value is -1.95. The highest BCUT2D eigenvalue weighted by atomic mass is 16.3. The van der Waals surface area contributed by atoms with Crippen LogP contribution in [0.1, 0.15) is 30.1 Å². The van der Waals surface area contributed by atoms with Crippen molar-refractivity contribution in [3.63, 3.8) is 0 Å². The quantitative estimate of drug-likeness (QED) is 0.901. The molecule has 6 heteroatoms. The van der Waals surface area contributed by atoms with E-state index in [1.165, 1.54) is 0 Å². The van der Waals surface area contributed by atoms with Crippen molar-refractivity contribution in [2.45, 2.75) is 25.8 Å². The number of pyridine rings is 1. The minimum absolute atomic E-state index is 0.00612. The fourth-order valence-electron chi connectivity index (χ4n) is 3.08. The Balaban J connectivity index is 1.91. The maximum absolute atomic E-state index is 12.7. The molecule has 2 unspecified atom stereocenters. The van der Waals surface area contributed by atoms with Gasteiger partial charge in [-0.3, -0.25) is 4.79 Å². The third-order valence-corrected chi connectivity index (χ3v) is 4.36. The third kappa shape index (κ3) is 2.40. The smallest absolute Gasteiger partial charge is 0.255 e. The molecule has 2 aromatic heterocycles. The number of hydrogen-bond acceptors (Lipinski definition) is 4. The molecule has 3 heterocycles. The molecule has 3 rings (SSSR count). The highest BCUT2D eigenvalue weighted by Gasteiger charge is 2.32. The number of nitrogens with zero attached hydrogens (tertiary/aromatic N) is 4. The lowest BCUT2D eigenvalue weighted by atomic mass is 9.91. The number of piperidine rings is 1. The van der Waals surface area contributed by atoms with Crippen molar-refractivity contribution in [3.05, 3.63) is 24.2 Å². The van der Waals surface area contributed by atoms with Gasteiger partial charge in [0.2, 0.25) is 0 Å². The van der Waals surface area contributed by atoms with E-state index in [2.05, 4.69) is 16.9 Å². The number of fused-ring (bicyclic) bond motifs is 1. The fourth-order valence-corrected chi connectivity index (χ4v) is 3.08. The summed E-state index contributed by atoms with van der Waals surface area (Å²) in [6.45, 7) is 2.78. The van der Waals surface area contributed by atoms with E-state index in [4.69, 9.17) is 0 Å². The zero-order valence-corrected chi connectivity index (χ0v) is 12.4. The molecule has 2 atom stereocenters. The molecule has 21 heavy (non-hydrogen) atoms. The van der Waals surface area contributed by atoms with Crippen molar-refractivity contribution in [1.82, 2.24) is 19.4 Å². The maximum atomic E-state index is 12.7. The summed E-state index contributed by atoms with van der Waals surface area (Å²) in [6.07, 6.45) is 5.31. The monoisotopic (exact) mass is 288 g/mol. The molecule has 0 bridgehead atoms. The van der Waals surface area contributed by atoms with Crippen LogP contribution in [0.4, 0.5) is 0 Å². The number of likely N-dealkylation sites (tertiary alicyclic amines) is 1. The van der Waals surface area contributed by atoms with Gasteiger partial charge in [-0.05, 0) is 24.8 Å². The lowest BCUT2D eigenvalue weighted by molar-refractivity contribution is 0.0358. The molecule has 1 amide bonds. The number of hydrogen-bond donors (Lipinski definition) is 1. The second-order valence-electron chi connectivity index (χ2n) is 5.79. The number of rotatable bonds is 2. The lowest BCUT2D eigenvalue weighted by Crippen LogP contribution is -2.49. The van der Waals surface area contributed by atoms with E-state index >= 15 is 0 Å². The van der Waals surface area contributed by atoms with Crippen LogP contribution in [0.15, 0.2) is 18.6 Å². The molecule has 0 spiro atoms.